The van der Waals surface area contributed by atoms with Crippen LogP contribution >= 0.6 is 0 Å². The van der Waals surface area contributed by atoms with E-state index < -0.39 is 0 Å². The van der Waals surface area contributed by atoms with Crippen LogP contribution in [0, 0.1) is 5.92 Å². The Bertz CT molecular complexity index is 454. The Morgan fingerprint density at radius 3 is 3.06 bits per heavy atom. The summed E-state index contributed by atoms with van der Waals surface area (Å²) in [5.74, 6) is 0.781. The molecule has 1 aliphatic heterocycles. The minimum Gasteiger partial charge on any atom is -0.399 e. The van der Waals surface area contributed by atoms with Crippen LogP contribution in [-0.2, 0) is 4.79 Å². The van der Waals surface area contributed by atoms with Crippen LogP contribution in [0.15, 0.2) is 30.3 Å². The Labute approximate surface area is 108 Å². The summed E-state index contributed by atoms with van der Waals surface area (Å²) in [5, 5.41) is 0. The predicted molar refractivity (Wildman–Crippen MR) is 74.9 cm³/mol. The minimum absolute atomic E-state index is 0.105. The van der Waals surface area contributed by atoms with Gasteiger partial charge >= 0.3 is 0 Å². The minimum atomic E-state index is 0.105. The molecular formula is C15H20N2O. The van der Waals surface area contributed by atoms with Gasteiger partial charge in [-0.15, -0.1) is 0 Å². The van der Waals surface area contributed by atoms with E-state index in [-0.39, 0.29) is 5.91 Å². The molecule has 1 amide bonds. The van der Waals surface area contributed by atoms with Crippen LogP contribution in [0.5, 0.6) is 0 Å². The lowest BCUT2D eigenvalue weighted by Gasteiger charge is -2.13. The summed E-state index contributed by atoms with van der Waals surface area (Å²) in [5.41, 5.74) is 7.38. The number of nitrogens with two attached hydrogens (primary N) is 1. The second-order valence-electron chi connectivity index (χ2n) is 4.85. The van der Waals surface area contributed by atoms with Gasteiger partial charge in [0.1, 0.15) is 0 Å². The van der Waals surface area contributed by atoms with Crippen molar-refractivity contribution in [1.29, 1.82) is 0 Å². The van der Waals surface area contributed by atoms with E-state index in [1.807, 2.05) is 35.2 Å². The number of hydrogen-bond donors (Lipinski definition) is 1. The van der Waals surface area contributed by atoms with E-state index in [0.717, 1.165) is 37.2 Å². The van der Waals surface area contributed by atoms with Crippen molar-refractivity contribution in [2.45, 2.75) is 19.8 Å². The molecule has 0 bridgehead atoms. The van der Waals surface area contributed by atoms with Crippen LogP contribution in [0.2, 0.25) is 0 Å². The Morgan fingerprint density at radius 1 is 1.56 bits per heavy atom. The molecule has 1 heterocycles. The molecule has 3 heteroatoms. The van der Waals surface area contributed by atoms with Crippen molar-refractivity contribution in [2.24, 2.45) is 5.92 Å². The van der Waals surface area contributed by atoms with Gasteiger partial charge in [0.15, 0.2) is 0 Å². The lowest BCUT2D eigenvalue weighted by molar-refractivity contribution is -0.125. The maximum Gasteiger partial charge on any atom is 0.246 e. The Morgan fingerprint density at radius 2 is 2.39 bits per heavy atom. The van der Waals surface area contributed by atoms with Gasteiger partial charge in [-0.05, 0) is 36.1 Å². The molecule has 1 unspecified atom stereocenters. The van der Waals surface area contributed by atoms with Gasteiger partial charge in [0.25, 0.3) is 0 Å². The first-order valence-electron chi connectivity index (χ1n) is 6.51. The van der Waals surface area contributed by atoms with E-state index in [4.69, 9.17) is 5.73 Å². The van der Waals surface area contributed by atoms with E-state index >= 15 is 0 Å². The van der Waals surface area contributed by atoms with Gasteiger partial charge in [0.05, 0.1) is 0 Å². The zero-order valence-corrected chi connectivity index (χ0v) is 10.8. The quantitative estimate of drug-likeness (QED) is 0.656. The second kappa shape index (κ2) is 5.71. The number of carbonyl (C=O) groups excluding carboxylic acids is 1. The summed E-state index contributed by atoms with van der Waals surface area (Å²) in [6.07, 6.45) is 5.77. The van der Waals surface area contributed by atoms with Crippen molar-refractivity contribution in [3.63, 3.8) is 0 Å². The van der Waals surface area contributed by atoms with E-state index in [1.165, 1.54) is 0 Å². The fourth-order valence-corrected chi connectivity index (χ4v) is 2.30. The highest BCUT2D eigenvalue weighted by Crippen LogP contribution is 2.19. The average molecular weight is 244 g/mol. The topological polar surface area (TPSA) is 46.3 Å². The van der Waals surface area contributed by atoms with E-state index in [0.29, 0.717) is 5.92 Å². The van der Waals surface area contributed by atoms with Gasteiger partial charge in [0, 0.05) is 24.9 Å². The van der Waals surface area contributed by atoms with Gasteiger partial charge in [-0.2, -0.15) is 0 Å². The number of nitrogens with zero attached hydrogens (tertiary/aromatic N) is 1. The number of carbonyl (C=O) groups is 1. The number of rotatable bonds is 3. The van der Waals surface area contributed by atoms with Gasteiger partial charge < -0.3 is 10.6 Å². The second-order valence-corrected chi connectivity index (χ2v) is 4.85. The number of anilines is 1. The first-order valence-corrected chi connectivity index (χ1v) is 6.51. The number of benzene rings is 1. The average Bonchev–Trinajstić information content (AvgIpc) is 2.85. The maximum atomic E-state index is 12.0. The molecule has 18 heavy (non-hydrogen) atoms. The number of likely N-dealkylation sites (tertiary alicyclic amines) is 1. The third-order valence-electron chi connectivity index (χ3n) is 3.50. The lowest BCUT2D eigenvalue weighted by atomic mass is 10.1. The molecule has 1 atom stereocenters. The molecule has 2 rings (SSSR count). The lowest BCUT2D eigenvalue weighted by Crippen LogP contribution is -2.26. The third-order valence-corrected chi connectivity index (χ3v) is 3.50. The fourth-order valence-electron chi connectivity index (χ4n) is 2.30. The summed E-state index contributed by atoms with van der Waals surface area (Å²) in [4.78, 5) is 13.9. The Hall–Kier alpha value is -1.77. The van der Waals surface area contributed by atoms with Crippen molar-refractivity contribution in [1.82, 2.24) is 4.90 Å². The van der Waals surface area contributed by atoms with Crippen molar-refractivity contribution >= 4 is 17.7 Å². The van der Waals surface area contributed by atoms with Crippen molar-refractivity contribution in [3.8, 4) is 0 Å². The molecule has 0 saturated carbocycles. The molecular weight excluding hydrogens is 224 g/mol. The molecule has 1 aromatic carbocycles. The molecule has 3 nitrogen and oxygen atoms in total. The summed E-state index contributed by atoms with van der Waals surface area (Å²) in [6.45, 7) is 3.97. The third kappa shape index (κ3) is 3.13. The number of nitrogen functional groups attached to an aromatic ring is 1. The largest absolute Gasteiger partial charge is 0.399 e. The van der Waals surface area contributed by atoms with Crippen LogP contribution in [0.25, 0.3) is 6.08 Å². The standard InChI is InChI=1S/C15H20N2O/c1-2-12-8-9-17(11-12)15(18)7-6-13-4-3-5-14(16)10-13/h3-7,10,12H,2,8-9,11,16H2,1H3/b7-6+. The summed E-state index contributed by atoms with van der Waals surface area (Å²) in [6, 6.07) is 7.54. The molecule has 1 fully saturated rings. The molecule has 2 N–H and O–H groups in total. The molecule has 0 spiro atoms. The monoisotopic (exact) mass is 244 g/mol. The number of hydrogen-bond acceptors (Lipinski definition) is 2. The van der Waals surface area contributed by atoms with Gasteiger partial charge in [0.2, 0.25) is 5.91 Å². The first kappa shape index (κ1) is 12.7. The fraction of sp³-hybridized carbons (Fsp3) is 0.400. The zero-order chi connectivity index (χ0) is 13.0. The van der Waals surface area contributed by atoms with Crippen molar-refractivity contribution in [2.75, 3.05) is 18.8 Å². The maximum absolute atomic E-state index is 12.0. The SMILES string of the molecule is CCC1CCN(C(=O)/C=C/c2cccc(N)c2)C1. The summed E-state index contributed by atoms with van der Waals surface area (Å²) < 4.78 is 0. The van der Waals surface area contributed by atoms with Crippen LogP contribution < -0.4 is 5.73 Å². The molecule has 0 aromatic heterocycles. The Balaban J connectivity index is 1.95. The summed E-state index contributed by atoms with van der Waals surface area (Å²) >= 11 is 0. The van der Waals surface area contributed by atoms with Crippen LogP contribution in [0.4, 0.5) is 5.69 Å². The van der Waals surface area contributed by atoms with E-state index in [1.54, 1.807) is 6.08 Å². The highest BCUT2D eigenvalue weighted by atomic mass is 16.2. The van der Waals surface area contributed by atoms with Crippen molar-refractivity contribution < 1.29 is 4.79 Å². The molecule has 1 aliphatic rings. The molecule has 1 saturated heterocycles. The van der Waals surface area contributed by atoms with Gasteiger partial charge in [-0.25, -0.2) is 0 Å². The van der Waals surface area contributed by atoms with Gasteiger partial charge in [-0.1, -0.05) is 25.5 Å². The zero-order valence-electron chi connectivity index (χ0n) is 10.8. The molecule has 96 valence electrons. The molecule has 1 aromatic rings. The smallest absolute Gasteiger partial charge is 0.246 e. The van der Waals surface area contributed by atoms with E-state index in [9.17, 15) is 4.79 Å². The highest BCUT2D eigenvalue weighted by molar-refractivity contribution is 5.92. The Kier molecular flexibility index (Phi) is 4.03. The molecule has 0 radical (unpaired) electrons. The van der Waals surface area contributed by atoms with Crippen LogP contribution in [-0.4, -0.2) is 23.9 Å². The van der Waals surface area contributed by atoms with Crippen LogP contribution in [0.3, 0.4) is 0 Å². The summed E-state index contributed by atoms with van der Waals surface area (Å²) in [7, 11) is 0. The highest BCUT2D eigenvalue weighted by Gasteiger charge is 2.23. The van der Waals surface area contributed by atoms with E-state index in [2.05, 4.69) is 6.92 Å². The predicted octanol–water partition coefficient (Wildman–Crippen LogP) is 2.54. The van der Waals surface area contributed by atoms with Gasteiger partial charge in [-0.3, -0.25) is 4.79 Å². The van der Waals surface area contributed by atoms with Crippen molar-refractivity contribution in [3.05, 3.63) is 35.9 Å². The number of amides is 1. The molecule has 0 aliphatic carbocycles. The first-order chi connectivity index (χ1) is 8.69. The normalized spacial score (nSPS) is 19.6. The van der Waals surface area contributed by atoms with Crippen LogP contribution in [0.1, 0.15) is 25.3 Å².